The van der Waals surface area contributed by atoms with Gasteiger partial charge in [-0.1, -0.05) is 15.9 Å². The molecule has 1 saturated heterocycles. The van der Waals surface area contributed by atoms with Crippen molar-refractivity contribution in [3.63, 3.8) is 0 Å². The first kappa shape index (κ1) is 13.2. The molecular formula is C13H18BrNOS. The summed E-state index contributed by atoms with van der Waals surface area (Å²) in [6.07, 6.45) is 2.56. The van der Waals surface area contributed by atoms with Crippen molar-refractivity contribution < 1.29 is 4.74 Å². The molecule has 0 amide bonds. The van der Waals surface area contributed by atoms with E-state index in [2.05, 4.69) is 39.1 Å². The minimum Gasteiger partial charge on any atom is -0.496 e. The van der Waals surface area contributed by atoms with E-state index in [0.29, 0.717) is 6.04 Å². The highest BCUT2D eigenvalue weighted by molar-refractivity contribution is 9.10. The molecule has 1 fully saturated rings. The van der Waals surface area contributed by atoms with Gasteiger partial charge in [-0.15, -0.1) is 0 Å². The van der Waals surface area contributed by atoms with Crippen LogP contribution in [0.2, 0.25) is 0 Å². The van der Waals surface area contributed by atoms with Crippen LogP contribution in [0.4, 0.5) is 0 Å². The third-order valence-corrected chi connectivity index (χ3v) is 4.59. The molecule has 2 rings (SSSR count). The van der Waals surface area contributed by atoms with Gasteiger partial charge in [0.25, 0.3) is 0 Å². The van der Waals surface area contributed by atoms with Gasteiger partial charge in [-0.25, -0.2) is 0 Å². The Morgan fingerprint density at radius 3 is 2.88 bits per heavy atom. The SMILES string of the molecule is COc1ccc(Br)cc1CNC1CCSCC1. The zero-order valence-electron chi connectivity index (χ0n) is 10.0. The Morgan fingerprint density at radius 2 is 2.18 bits per heavy atom. The van der Waals surface area contributed by atoms with Crippen molar-refractivity contribution in [2.24, 2.45) is 0 Å². The van der Waals surface area contributed by atoms with E-state index in [0.717, 1.165) is 16.8 Å². The molecule has 0 bridgehead atoms. The molecule has 1 aliphatic heterocycles. The van der Waals surface area contributed by atoms with Crippen LogP contribution in [0.1, 0.15) is 18.4 Å². The Morgan fingerprint density at radius 1 is 1.41 bits per heavy atom. The molecule has 1 heterocycles. The summed E-state index contributed by atoms with van der Waals surface area (Å²) in [4.78, 5) is 0. The third kappa shape index (κ3) is 3.90. The van der Waals surface area contributed by atoms with Gasteiger partial charge in [-0.05, 0) is 42.5 Å². The first-order chi connectivity index (χ1) is 8.29. The molecule has 0 radical (unpaired) electrons. The minimum absolute atomic E-state index is 0.667. The number of halogens is 1. The number of hydrogen-bond donors (Lipinski definition) is 1. The second kappa shape index (κ2) is 6.66. The van der Waals surface area contributed by atoms with Gasteiger partial charge in [0.2, 0.25) is 0 Å². The first-order valence-corrected chi connectivity index (χ1v) is 7.88. The maximum absolute atomic E-state index is 5.38. The number of methoxy groups -OCH3 is 1. The van der Waals surface area contributed by atoms with Gasteiger partial charge in [-0.2, -0.15) is 11.8 Å². The largest absolute Gasteiger partial charge is 0.496 e. The lowest BCUT2D eigenvalue weighted by molar-refractivity contribution is 0.403. The topological polar surface area (TPSA) is 21.3 Å². The summed E-state index contributed by atoms with van der Waals surface area (Å²) in [7, 11) is 1.73. The first-order valence-electron chi connectivity index (χ1n) is 5.93. The Bertz CT molecular complexity index is 366. The van der Waals surface area contributed by atoms with E-state index in [1.54, 1.807) is 7.11 Å². The average molecular weight is 316 g/mol. The second-order valence-electron chi connectivity index (χ2n) is 4.22. The Labute approximate surface area is 116 Å². The molecule has 94 valence electrons. The van der Waals surface area contributed by atoms with Crippen LogP contribution in [0.25, 0.3) is 0 Å². The molecule has 1 N–H and O–H groups in total. The summed E-state index contributed by atoms with van der Waals surface area (Å²) in [5, 5.41) is 3.63. The summed E-state index contributed by atoms with van der Waals surface area (Å²) in [6.45, 7) is 0.887. The summed E-state index contributed by atoms with van der Waals surface area (Å²) >= 11 is 5.56. The molecule has 0 unspecified atom stereocenters. The minimum atomic E-state index is 0.667. The van der Waals surface area contributed by atoms with Crippen LogP contribution in [-0.2, 0) is 6.54 Å². The molecular weight excluding hydrogens is 298 g/mol. The number of benzene rings is 1. The van der Waals surface area contributed by atoms with Crippen LogP contribution >= 0.6 is 27.7 Å². The molecule has 0 aliphatic carbocycles. The molecule has 0 saturated carbocycles. The summed E-state index contributed by atoms with van der Waals surface area (Å²) in [6, 6.07) is 6.82. The van der Waals surface area contributed by atoms with Gasteiger partial charge < -0.3 is 10.1 Å². The van der Waals surface area contributed by atoms with E-state index in [1.165, 1.54) is 29.9 Å². The lowest BCUT2D eigenvalue weighted by atomic mass is 10.1. The summed E-state index contributed by atoms with van der Waals surface area (Å²) < 4.78 is 6.48. The maximum Gasteiger partial charge on any atom is 0.123 e. The fourth-order valence-corrected chi connectivity index (χ4v) is 3.56. The smallest absolute Gasteiger partial charge is 0.123 e. The molecule has 0 spiro atoms. The van der Waals surface area contributed by atoms with Crippen molar-refractivity contribution in [3.8, 4) is 5.75 Å². The maximum atomic E-state index is 5.38. The lowest BCUT2D eigenvalue weighted by Gasteiger charge is -2.23. The normalized spacial score (nSPS) is 17.1. The fourth-order valence-electron chi connectivity index (χ4n) is 2.04. The van der Waals surface area contributed by atoms with Crippen LogP contribution in [0, 0.1) is 0 Å². The van der Waals surface area contributed by atoms with Crippen molar-refractivity contribution in [1.29, 1.82) is 0 Å². The Balaban J connectivity index is 1.95. The predicted octanol–water partition coefficient (Wildman–Crippen LogP) is 3.44. The molecule has 1 aliphatic rings. The predicted molar refractivity (Wildman–Crippen MR) is 77.9 cm³/mol. The third-order valence-electron chi connectivity index (χ3n) is 3.04. The average Bonchev–Trinajstić information content (AvgIpc) is 2.38. The molecule has 1 aromatic rings. The van der Waals surface area contributed by atoms with E-state index in [4.69, 9.17) is 4.74 Å². The fraction of sp³-hybridized carbons (Fsp3) is 0.538. The number of rotatable bonds is 4. The quantitative estimate of drug-likeness (QED) is 0.919. The van der Waals surface area contributed by atoms with Crippen molar-refractivity contribution in [3.05, 3.63) is 28.2 Å². The molecule has 2 nitrogen and oxygen atoms in total. The van der Waals surface area contributed by atoms with Crippen LogP contribution < -0.4 is 10.1 Å². The molecule has 0 atom stereocenters. The van der Waals surface area contributed by atoms with Crippen LogP contribution in [0.3, 0.4) is 0 Å². The van der Waals surface area contributed by atoms with Crippen molar-refractivity contribution in [2.45, 2.75) is 25.4 Å². The van der Waals surface area contributed by atoms with Gasteiger partial charge in [-0.3, -0.25) is 0 Å². The van der Waals surface area contributed by atoms with Gasteiger partial charge in [0.15, 0.2) is 0 Å². The Hall–Kier alpha value is -0.190. The van der Waals surface area contributed by atoms with E-state index in [1.807, 2.05) is 12.1 Å². The summed E-state index contributed by atoms with van der Waals surface area (Å²) in [5.74, 6) is 3.53. The highest BCUT2D eigenvalue weighted by Gasteiger charge is 2.13. The molecule has 0 aromatic heterocycles. The van der Waals surface area contributed by atoms with E-state index < -0.39 is 0 Å². The zero-order valence-corrected chi connectivity index (χ0v) is 12.4. The van der Waals surface area contributed by atoms with Gasteiger partial charge >= 0.3 is 0 Å². The van der Waals surface area contributed by atoms with E-state index in [9.17, 15) is 0 Å². The Kier molecular flexibility index (Phi) is 5.19. The molecule has 17 heavy (non-hydrogen) atoms. The van der Waals surface area contributed by atoms with Crippen LogP contribution in [0.5, 0.6) is 5.75 Å². The van der Waals surface area contributed by atoms with Crippen molar-refractivity contribution in [1.82, 2.24) is 5.32 Å². The van der Waals surface area contributed by atoms with Crippen molar-refractivity contribution >= 4 is 27.7 Å². The monoisotopic (exact) mass is 315 g/mol. The van der Waals surface area contributed by atoms with Crippen LogP contribution in [-0.4, -0.2) is 24.7 Å². The highest BCUT2D eigenvalue weighted by Crippen LogP contribution is 2.24. The second-order valence-corrected chi connectivity index (χ2v) is 6.36. The molecule has 1 aromatic carbocycles. The highest BCUT2D eigenvalue weighted by atomic mass is 79.9. The zero-order chi connectivity index (χ0) is 12.1. The van der Waals surface area contributed by atoms with E-state index in [-0.39, 0.29) is 0 Å². The van der Waals surface area contributed by atoms with Crippen LogP contribution in [0.15, 0.2) is 22.7 Å². The van der Waals surface area contributed by atoms with Gasteiger partial charge in [0.05, 0.1) is 7.11 Å². The standard InChI is InChI=1S/C13H18BrNOS/c1-16-13-3-2-11(14)8-10(13)9-15-12-4-6-17-7-5-12/h2-3,8,12,15H,4-7,9H2,1H3. The van der Waals surface area contributed by atoms with Crippen molar-refractivity contribution in [2.75, 3.05) is 18.6 Å². The van der Waals surface area contributed by atoms with Gasteiger partial charge in [0.1, 0.15) is 5.75 Å². The number of hydrogen-bond acceptors (Lipinski definition) is 3. The summed E-state index contributed by atoms with van der Waals surface area (Å²) in [5.41, 5.74) is 1.22. The molecule has 4 heteroatoms. The number of ether oxygens (including phenoxy) is 1. The lowest BCUT2D eigenvalue weighted by Crippen LogP contribution is -2.32. The van der Waals surface area contributed by atoms with Gasteiger partial charge in [0, 0.05) is 22.6 Å². The number of nitrogens with one attached hydrogen (secondary N) is 1. The van der Waals surface area contributed by atoms with E-state index >= 15 is 0 Å². The number of thioether (sulfide) groups is 1.